The van der Waals surface area contributed by atoms with E-state index in [-0.39, 0.29) is 0 Å². The summed E-state index contributed by atoms with van der Waals surface area (Å²) >= 11 is 1.89. The Balaban J connectivity index is 2.21. The van der Waals surface area contributed by atoms with Gasteiger partial charge in [0.15, 0.2) is 0 Å². The summed E-state index contributed by atoms with van der Waals surface area (Å²) in [4.78, 5) is 1.35. The van der Waals surface area contributed by atoms with Crippen molar-refractivity contribution < 1.29 is 0 Å². The van der Waals surface area contributed by atoms with Gasteiger partial charge in [-0.1, -0.05) is 67.6 Å². The molecule has 2 aromatic rings. The van der Waals surface area contributed by atoms with Gasteiger partial charge in [0.1, 0.15) is 0 Å². The van der Waals surface area contributed by atoms with Crippen molar-refractivity contribution in [1.82, 2.24) is 0 Å². The van der Waals surface area contributed by atoms with E-state index in [1.54, 1.807) is 0 Å². The number of hydrogen-bond donors (Lipinski definition) is 0. The molecule has 0 radical (unpaired) electrons. The van der Waals surface area contributed by atoms with Crippen molar-refractivity contribution in [3.63, 3.8) is 0 Å². The van der Waals surface area contributed by atoms with Crippen LogP contribution in [0.25, 0.3) is 12.2 Å². The van der Waals surface area contributed by atoms with Gasteiger partial charge in [-0.15, -0.1) is 11.8 Å². The molecular formula is C16H16S. The molecular weight excluding hydrogens is 224 g/mol. The normalized spacial score (nSPS) is 10.9. The molecule has 0 saturated heterocycles. The summed E-state index contributed by atoms with van der Waals surface area (Å²) in [5.74, 6) is 1.11. The lowest BCUT2D eigenvalue weighted by Crippen LogP contribution is -1.79. The molecule has 17 heavy (non-hydrogen) atoms. The van der Waals surface area contributed by atoms with Crippen LogP contribution in [-0.2, 0) is 0 Å². The molecule has 0 amide bonds. The second-order valence-electron chi connectivity index (χ2n) is 3.71. The lowest BCUT2D eigenvalue weighted by molar-refractivity contribution is 1.40. The standard InChI is InChI=1S/C16H16S/c1-2-17-16-11-7-6-10-15(16)13-12-14-8-4-3-5-9-14/h3-13H,2H2,1H3/b13-12+. The number of thioether (sulfide) groups is 1. The second kappa shape index (κ2) is 6.31. The summed E-state index contributed by atoms with van der Waals surface area (Å²) in [5, 5.41) is 0. The Hall–Kier alpha value is -1.47. The Morgan fingerprint density at radius 3 is 2.35 bits per heavy atom. The maximum Gasteiger partial charge on any atom is 0.0144 e. The fourth-order valence-electron chi connectivity index (χ4n) is 1.66. The first-order chi connectivity index (χ1) is 8.40. The van der Waals surface area contributed by atoms with Crippen molar-refractivity contribution in [2.45, 2.75) is 11.8 Å². The van der Waals surface area contributed by atoms with Crippen LogP contribution in [0.1, 0.15) is 18.1 Å². The molecule has 0 heterocycles. The zero-order chi connectivity index (χ0) is 11.9. The molecule has 0 atom stereocenters. The Morgan fingerprint density at radius 1 is 0.882 bits per heavy atom. The molecule has 0 aromatic heterocycles. The van der Waals surface area contributed by atoms with E-state index in [0.29, 0.717) is 0 Å². The van der Waals surface area contributed by atoms with Gasteiger partial charge in [-0.05, 0) is 22.9 Å². The average Bonchev–Trinajstić information content (AvgIpc) is 2.39. The van der Waals surface area contributed by atoms with Crippen molar-refractivity contribution in [1.29, 1.82) is 0 Å². The van der Waals surface area contributed by atoms with Gasteiger partial charge in [0, 0.05) is 4.90 Å². The molecule has 2 rings (SSSR count). The number of rotatable bonds is 4. The molecule has 0 N–H and O–H groups in total. The molecule has 0 bridgehead atoms. The maximum absolute atomic E-state index is 2.19. The van der Waals surface area contributed by atoms with E-state index in [2.05, 4.69) is 67.6 Å². The van der Waals surface area contributed by atoms with Crippen LogP contribution >= 0.6 is 11.8 Å². The topological polar surface area (TPSA) is 0 Å². The summed E-state index contributed by atoms with van der Waals surface area (Å²) in [5.41, 5.74) is 2.53. The predicted octanol–water partition coefficient (Wildman–Crippen LogP) is 4.97. The molecule has 0 aliphatic heterocycles. The molecule has 0 fully saturated rings. The molecule has 0 aliphatic carbocycles. The highest BCUT2D eigenvalue weighted by Gasteiger charge is 1.97. The van der Waals surface area contributed by atoms with E-state index < -0.39 is 0 Å². The second-order valence-corrected chi connectivity index (χ2v) is 5.02. The van der Waals surface area contributed by atoms with Crippen molar-refractivity contribution in [3.8, 4) is 0 Å². The number of benzene rings is 2. The molecule has 0 aliphatic rings. The van der Waals surface area contributed by atoms with Gasteiger partial charge < -0.3 is 0 Å². The third-order valence-electron chi connectivity index (χ3n) is 2.47. The third-order valence-corrected chi connectivity index (χ3v) is 3.45. The summed E-state index contributed by atoms with van der Waals surface area (Å²) in [6, 6.07) is 18.9. The van der Waals surface area contributed by atoms with Crippen molar-refractivity contribution in [3.05, 3.63) is 65.7 Å². The first-order valence-electron chi connectivity index (χ1n) is 5.85. The van der Waals surface area contributed by atoms with Gasteiger partial charge in [-0.25, -0.2) is 0 Å². The van der Waals surface area contributed by atoms with Gasteiger partial charge in [0.05, 0.1) is 0 Å². The molecule has 86 valence electrons. The Labute approximate surface area is 107 Å². The molecule has 0 saturated carbocycles. The van der Waals surface area contributed by atoms with Gasteiger partial charge >= 0.3 is 0 Å². The molecule has 1 heteroatoms. The lowest BCUT2D eigenvalue weighted by Gasteiger charge is -2.03. The lowest BCUT2D eigenvalue weighted by atomic mass is 10.1. The summed E-state index contributed by atoms with van der Waals surface area (Å²) in [6.45, 7) is 2.18. The van der Waals surface area contributed by atoms with Crippen LogP contribution in [-0.4, -0.2) is 5.75 Å². The molecule has 0 unspecified atom stereocenters. The van der Waals surface area contributed by atoms with Gasteiger partial charge in [-0.3, -0.25) is 0 Å². The first-order valence-corrected chi connectivity index (χ1v) is 6.83. The van der Waals surface area contributed by atoms with Crippen LogP contribution in [0.15, 0.2) is 59.5 Å². The SMILES string of the molecule is CCSc1ccccc1/C=C/c1ccccc1. The number of hydrogen-bond acceptors (Lipinski definition) is 1. The van der Waals surface area contributed by atoms with E-state index in [4.69, 9.17) is 0 Å². The highest BCUT2D eigenvalue weighted by Crippen LogP contribution is 2.23. The fourth-order valence-corrected chi connectivity index (χ4v) is 2.44. The van der Waals surface area contributed by atoms with E-state index in [1.165, 1.54) is 16.0 Å². The minimum atomic E-state index is 1.11. The monoisotopic (exact) mass is 240 g/mol. The largest absolute Gasteiger partial charge is 0.126 e. The summed E-state index contributed by atoms with van der Waals surface area (Å²) in [7, 11) is 0. The summed E-state index contributed by atoms with van der Waals surface area (Å²) < 4.78 is 0. The Morgan fingerprint density at radius 2 is 1.59 bits per heavy atom. The van der Waals surface area contributed by atoms with Gasteiger partial charge in [-0.2, -0.15) is 0 Å². The van der Waals surface area contributed by atoms with Crippen LogP contribution in [0.5, 0.6) is 0 Å². The third kappa shape index (κ3) is 3.50. The minimum absolute atomic E-state index is 1.11. The Kier molecular flexibility index (Phi) is 4.45. The maximum atomic E-state index is 2.19. The smallest absolute Gasteiger partial charge is 0.0144 e. The highest BCUT2D eigenvalue weighted by atomic mass is 32.2. The van der Waals surface area contributed by atoms with Crippen LogP contribution in [0.4, 0.5) is 0 Å². The van der Waals surface area contributed by atoms with Crippen LogP contribution in [0, 0.1) is 0 Å². The first kappa shape index (κ1) is 12.0. The highest BCUT2D eigenvalue weighted by molar-refractivity contribution is 7.99. The van der Waals surface area contributed by atoms with Gasteiger partial charge in [0.2, 0.25) is 0 Å². The fraction of sp³-hybridized carbons (Fsp3) is 0.125. The molecule has 0 nitrogen and oxygen atoms in total. The van der Waals surface area contributed by atoms with Crippen LogP contribution in [0.3, 0.4) is 0 Å². The van der Waals surface area contributed by atoms with Crippen molar-refractivity contribution >= 4 is 23.9 Å². The van der Waals surface area contributed by atoms with Crippen molar-refractivity contribution in [2.75, 3.05) is 5.75 Å². The minimum Gasteiger partial charge on any atom is -0.126 e. The molecule has 2 aromatic carbocycles. The van der Waals surface area contributed by atoms with Gasteiger partial charge in [0.25, 0.3) is 0 Å². The Bertz CT molecular complexity index is 486. The van der Waals surface area contributed by atoms with Crippen molar-refractivity contribution in [2.24, 2.45) is 0 Å². The quantitative estimate of drug-likeness (QED) is 0.537. The zero-order valence-corrected chi connectivity index (χ0v) is 10.8. The van der Waals surface area contributed by atoms with E-state index >= 15 is 0 Å². The van der Waals surface area contributed by atoms with Crippen LogP contribution in [0.2, 0.25) is 0 Å². The van der Waals surface area contributed by atoms with E-state index in [1.807, 2.05) is 17.8 Å². The summed E-state index contributed by atoms with van der Waals surface area (Å²) in [6.07, 6.45) is 4.35. The zero-order valence-electron chi connectivity index (χ0n) is 9.97. The van der Waals surface area contributed by atoms with E-state index in [9.17, 15) is 0 Å². The molecule has 0 spiro atoms. The average molecular weight is 240 g/mol. The van der Waals surface area contributed by atoms with Crippen LogP contribution < -0.4 is 0 Å². The predicted molar refractivity (Wildman–Crippen MR) is 78.2 cm³/mol. The van der Waals surface area contributed by atoms with E-state index in [0.717, 1.165) is 5.75 Å².